The first-order valence-corrected chi connectivity index (χ1v) is 8.40. The van der Waals surface area contributed by atoms with Crippen molar-refractivity contribution in [2.75, 3.05) is 6.54 Å². The summed E-state index contributed by atoms with van der Waals surface area (Å²) in [5, 5.41) is 5.09. The molecule has 0 unspecified atom stereocenters. The Kier molecular flexibility index (Phi) is 6.95. The van der Waals surface area contributed by atoms with Crippen LogP contribution in [0.15, 0.2) is 42.0 Å². The Morgan fingerprint density at radius 1 is 1.14 bits per heavy atom. The third kappa shape index (κ3) is 6.54. The molecule has 2 aromatic rings. The molecular weight excluding hydrogens is 280 g/mol. The molecule has 0 saturated heterocycles. The molecule has 0 bridgehead atoms. The maximum atomic E-state index is 11.7. The number of thiophene rings is 1. The monoisotopic (exact) mass is 302 g/mol. The van der Waals surface area contributed by atoms with Crippen LogP contribution in [0.5, 0.6) is 0 Å². The van der Waals surface area contributed by atoms with Crippen LogP contribution >= 0.6 is 11.3 Å². The highest BCUT2D eigenvalue weighted by atomic mass is 32.1. The second kappa shape index (κ2) is 9.29. The number of aryl methyl sites for hydroxylation is 2. The van der Waals surface area contributed by atoms with Crippen molar-refractivity contribution in [1.29, 1.82) is 0 Å². The first-order valence-electron chi connectivity index (χ1n) is 7.52. The van der Waals surface area contributed by atoms with Gasteiger partial charge < -0.3 is 5.32 Å². The van der Waals surface area contributed by atoms with Crippen molar-refractivity contribution in [1.82, 2.24) is 10.3 Å². The van der Waals surface area contributed by atoms with Gasteiger partial charge in [0.15, 0.2) is 0 Å². The zero-order valence-corrected chi connectivity index (χ0v) is 13.1. The van der Waals surface area contributed by atoms with Crippen LogP contribution in [-0.4, -0.2) is 17.4 Å². The molecule has 4 heteroatoms. The van der Waals surface area contributed by atoms with Crippen molar-refractivity contribution in [2.24, 2.45) is 0 Å². The van der Waals surface area contributed by atoms with Gasteiger partial charge in [0.05, 0.1) is 0 Å². The molecule has 1 N–H and O–H groups in total. The number of aromatic nitrogens is 1. The molecule has 1 amide bonds. The number of rotatable bonds is 9. The third-order valence-corrected chi connectivity index (χ3v) is 4.28. The minimum absolute atomic E-state index is 0.173. The van der Waals surface area contributed by atoms with Gasteiger partial charge in [-0.15, -0.1) is 11.3 Å². The average molecular weight is 302 g/mol. The van der Waals surface area contributed by atoms with Crippen LogP contribution in [0, 0.1) is 0 Å². The SMILES string of the molecule is O=C(CCCCc1cccs1)NCCCc1cccnc1. The molecule has 0 atom stereocenters. The maximum Gasteiger partial charge on any atom is 0.219 e. The van der Waals surface area contributed by atoms with Crippen LogP contribution < -0.4 is 5.32 Å². The van der Waals surface area contributed by atoms with Gasteiger partial charge in [-0.2, -0.15) is 0 Å². The summed E-state index contributed by atoms with van der Waals surface area (Å²) in [7, 11) is 0. The van der Waals surface area contributed by atoms with Gasteiger partial charge in [0.1, 0.15) is 0 Å². The van der Waals surface area contributed by atoms with E-state index in [4.69, 9.17) is 0 Å². The molecular formula is C17H22N2OS. The molecule has 0 aliphatic rings. The summed E-state index contributed by atoms with van der Waals surface area (Å²) in [6.45, 7) is 0.749. The Balaban J connectivity index is 1.48. The summed E-state index contributed by atoms with van der Waals surface area (Å²) in [6, 6.07) is 8.25. The van der Waals surface area contributed by atoms with E-state index in [-0.39, 0.29) is 5.91 Å². The Hall–Kier alpha value is -1.68. The summed E-state index contributed by atoms with van der Waals surface area (Å²) < 4.78 is 0. The minimum atomic E-state index is 0.173. The smallest absolute Gasteiger partial charge is 0.219 e. The zero-order chi connectivity index (χ0) is 14.8. The molecule has 0 saturated carbocycles. The first-order chi connectivity index (χ1) is 10.3. The van der Waals surface area contributed by atoms with Gasteiger partial charge in [0.2, 0.25) is 5.91 Å². The topological polar surface area (TPSA) is 42.0 Å². The van der Waals surface area contributed by atoms with E-state index in [9.17, 15) is 4.79 Å². The normalized spacial score (nSPS) is 10.5. The van der Waals surface area contributed by atoms with Gasteiger partial charge in [-0.1, -0.05) is 12.1 Å². The van der Waals surface area contributed by atoms with Crippen LogP contribution in [0.2, 0.25) is 0 Å². The molecule has 0 aliphatic heterocycles. The molecule has 2 rings (SSSR count). The summed E-state index contributed by atoms with van der Waals surface area (Å²) >= 11 is 1.79. The Labute approximate surface area is 130 Å². The second-order valence-corrected chi connectivity index (χ2v) is 6.13. The van der Waals surface area contributed by atoms with Gasteiger partial charge in [-0.25, -0.2) is 0 Å². The van der Waals surface area contributed by atoms with E-state index in [2.05, 4.69) is 33.9 Å². The minimum Gasteiger partial charge on any atom is -0.356 e. The number of nitrogens with zero attached hydrogens (tertiary/aromatic N) is 1. The number of nitrogens with one attached hydrogen (secondary N) is 1. The molecule has 0 fully saturated rings. The fourth-order valence-electron chi connectivity index (χ4n) is 2.19. The van der Waals surface area contributed by atoms with Gasteiger partial charge in [0, 0.05) is 30.2 Å². The van der Waals surface area contributed by atoms with Crippen LogP contribution in [0.25, 0.3) is 0 Å². The number of unbranched alkanes of at least 4 members (excludes halogenated alkanes) is 1. The number of carbonyl (C=O) groups is 1. The van der Waals surface area contributed by atoms with Crippen molar-refractivity contribution >= 4 is 17.2 Å². The standard InChI is InChI=1S/C17H22N2OS/c20-17(10-2-1-8-16-9-5-13-21-16)19-12-4-7-15-6-3-11-18-14-15/h3,5-6,9,11,13-14H,1-2,4,7-8,10,12H2,(H,19,20). The predicted molar refractivity (Wildman–Crippen MR) is 87.4 cm³/mol. The van der Waals surface area contributed by atoms with E-state index >= 15 is 0 Å². The van der Waals surface area contributed by atoms with Gasteiger partial charge >= 0.3 is 0 Å². The lowest BCUT2D eigenvalue weighted by Crippen LogP contribution is -2.24. The second-order valence-electron chi connectivity index (χ2n) is 5.10. The number of carbonyl (C=O) groups excluding carboxylic acids is 1. The van der Waals surface area contributed by atoms with Crippen LogP contribution in [0.4, 0.5) is 0 Å². The van der Waals surface area contributed by atoms with E-state index in [0.29, 0.717) is 6.42 Å². The summed E-state index contributed by atoms with van der Waals surface area (Å²) in [6.07, 6.45) is 9.37. The number of pyridine rings is 1. The Morgan fingerprint density at radius 3 is 2.86 bits per heavy atom. The fraction of sp³-hybridized carbons (Fsp3) is 0.412. The lowest BCUT2D eigenvalue weighted by Gasteiger charge is -2.05. The third-order valence-electron chi connectivity index (χ3n) is 3.34. The fourth-order valence-corrected chi connectivity index (χ4v) is 2.95. The molecule has 0 radical (unpaired) electrons. The molecule has 0 spiro atoms. The van der Waals surface area contributed by atoms with Crippen molar-refractivity contribution in [3.8, 4) is 0 Å². The molecule has 2 heterocycles. The van der Waals surface area contributed by atoms with Crippen molar-refractivity contribution in [3.05, 3.63) is 52.5 Å². The molecule has 3 nitrogen and oxygen atoms in total. The summed E-state index contributed by atoms with van der Waals surface area (Å²) in [5.41, 5.74) is 1.22. The van der Waals surface area contributed by atoms with Gasteiger partial charge in [-0.3, -0.25) is 9.78 Å². The van der Waals surface area contributed by atoms with Crippen molar-refractivity contribution in [3.63, 3.8) is 0 Å². The lowest BCUT2D eigenvalue weighted by molar-refractivity contribution is -0.121. The molecule has 0 aliphatic carbocycles. The molecule has 112 valence electrons. The zero-order valence-electron chi connectivity index (χ0n) is 12.3. The quantitative estimate of drug-likeness (QED) is 0.719. The van der Waals surface area contributed by atoms with Crippen LogP contribution in [-0.2, 0) is 17.6 Å². The van der Waals surface area contributed by atoms with E-state index in [0.717, 1.165) is 38.6 Å². The number of hydrogen-bond acceptors (Lipinski definition) is 3. The number of hydrogen-bond donors (Lipinski definition) is 1. The molecule has 0 aromatic carbocycles. The molecule has 21 heavy (non-hydrogen) atoms. The van der Waals surface area contributed by atoms with Crippen molar-refractivity contribution in [2.45, 2.75) is 38.5 Å². The highest BCUT2D eigenvalue weighted by molar-refractivity contribution is 7.09. The molecule has 2 aromatic heterocycles. The lowest BCUT2D eigenvalue weighted by atomic mass is 10.1. The Bertz CT molecular complexity index is 511. The summed E-state index contributed by atoms with van der Waals surface area (Å²) in [5.74, 6) is 0.173. The largest absolute Gasteiger partial charge is 0.356 e. The maximum absolute atomic E-state index is 11.7. The predicted octanol–water partition coefficient (Wildman–Crippen LogP) is 3.60. The van der Waals surface area contributed by atoms with E-state index in [1.54, 1.807) is 17.5 Å². The highest BCUT2D eigenvalue weighted by Crippen LogP contribution is 2.12. The first kappa shape index (κ1) is 15.7. The van der Waals surface area contributed by atoms with Gasteiger partial charge in [-0.05, 0) is 55.2 Å². The van der Waals surface area contributed by atoms with Crippen LogP contribution in [0.1, 0.15) is 36.1 Å². The van der Waals surface area contributed by atoms with Crippen LogP contribution in [0.3, 0.4) is 0 Å². The van der Waals surface area contributed by atoms with Crippen molar-refractivity contribution < 1.29 is 4.79 Å². The summed E-state index contributed by atoms with van der Waals surface area (Å²) in [4.78, 5) is 17.2. The van der Waals surface area contributed by atoms with Gasteiger partial charge in [0.25, 0.3) is 0 Å². The Morgan fingerprint density at radius 2 is 2.10 bits per heavy atom. The van der Waals surface area contributed by atoms with E-state index < -0.39 is 0 Å². The van der Waals surface area contributed by atoms with E-state index in [1.807, 2.05) is 12.3 Å². The highest BCUT2D eigenvalue weighted by Gasteiger charge is 2.01. The number of amides is 1. The van der Waals surface area contributed by atoms with E-state index in [1.165, 1.54) is 10.4 Å². The average Bonchev–Trinajstić information content (AvgIpc) is 3.02.